The number of amides is 1. The fourth-order valence-electron chi connectivity index (χ4n) is 3.19. The summed E-state index contributed by atoms with van der Waals surface area (Å²) in [7, 11) is -3.64. The third-order valence-electron chi connectivity index (χ3n) is 5.22. The number of rotatable bonds is 5. The van der Waals surface area contributed by atoms with Crippen LogP contribution >= 0.6 is 0 Å². The number of nitrogens with one attached hydrogen (secondary N) is 1. The Labute approximate surface area is 143 Å². The van der Waals surface area contributed by atoms with Crippen molar-refractivity contribution >= 4 is 15.7 Å². The second kappa shape index (κ2) is 7.64. The van der Waals surface area contributed by atoms with Gasteiger partial charge in [-0.3, -0.25) is 4.79 Å². The maximum Gasteiger partial charge on any atom is 0.238 e. The van der Waals surface area contributed by atoms with Crippen LogP contribution in [-0.4, -0.2) is 25.6 Å². The predicted molar refractivity (Wildman–Crippen MR) is 92.6 cm³/mol. The Morgan fingerprint density at radius 2 is 1.88 bits per heavy atom. The average molecular weight is 355 g/mol. The molecular formula is C18H26FNO3S. The van der Waals surface area contributed by atoms with Crippen LogP contribution in [0.5, 0.6) is 0 Å². The van der Waals surface area contributed by atoms with E-state index in [1.165, 1.54) is 31.2 Å². The quantitative estimate of drug-likeness (QED) is 0.883. The van der Waals surface area contributed by atoms with Gasteiger partial charge < -0.3 is 5.32 Å². The van der Waals surface area contributed by atoms with Gasteiger partial charge in [-0.2, -0.15) is 0 Å². The highest BCUT2D eigenvalue weighted by Gasteiger charge is 2.33. The summed E-state index contributed by atoms with van der Waals surface area (Å²) in [5.41, 5.74) is 0.482. The largest absolute Gasteiger partial charge is 0.352 e. The second-order valence-electron chi connectivity index (χ2n) is 6.96. The molecule has 0 saturated heterocycles. The van der Waals surface area contributed by atoms with E-state index in [1.807, 2.05) is 0 Å². The Morgan fingerprint density at radius 3 is 2.50 bits per heavy atom. The molecule has 1 fully saturated rings. The topological polar surface area (TPSA) is 63.2 Å². The number of carbonyl (C=O) groups excluding carboxylic acids is 1. The first-order valence-electron chi connectivity index (χ1n) is 8.47. The van der Waals surface area contributed by atoms with Crippen LogP contribution < -0.4 is 5.32 Å². The maximum atomic E-state index is 12.9. The van der Waals surface area contributed by atoms with Gasteiger partial charge >= 0.3 is 0 Å². The molecule has 0 unspecified atom stereocenters. The first kappa shape index (κ1) is 18.9. The van der Waals surface area contributed by atoms with Gasteiger partial charge in [0.1, 0.15) is 11.1 Å². The molecule has 1 saturated carbocycles. The molecule has 4 nitrogen and oxygen atoms in total. The van der Waals surface area contributed by atoms with E-state index in [0.717, 1.165) is 19.3 Å². The Kier molecular flexibility index (Phi) is 6.01. The van der Waals surface area contributed by atoms with Gasteiger partial charge in [-0.15, -0.1) is 0 Å². The molecule has 0 aliphatic heterocycles. The summed E-state index contributed by atoms with van der Waals surface area (Å²) in [6, 6.07) is 5.34. The third kappa shape index (κ3) is 4.56. The maximum absolute atomic E-state index is 12.9. The lowest BCUT2D eigenvalue weighted by molar-refractivity contribution is -0.121. The molecule has 1 aliphatic carbocycles. The van der Waals surface area contributed by atoms with Crippen molar-refractivity contribution in [1.82, 2.24) is 5.32 Å². The predicted octanol–water partition coefficient (Wildman–Crippen LogP) is 3.07. The van der Waals surface area contributed by atoms with Gasteiger partial charge in [0.2, 0.25) is 5.91 Å². The molecule has 1 N–H and O–H groups in total. The molecule has 24 heavy (non-hydrogen) atoms. The van der Waals surface area contributed by atoms with Crippen molar-refractivity contribution < 1.29 is 17.6 Å². The average Bonchev–Trinajstić information content (AvgIpc) is 2.53. The fourth-order valence-corrected chi connectivity index (χ4v) is 4.49. The van der Waals surface area contributed by atoms with E-state index in [9.17, 15) is 17.6 Å². The van der Waals surface area contributed by atoms with Crippen LogP contribution in [0, 0.1) is 17.7 Å². The van der Waals surface area contributed by atoms with Crippen LogP contribution in [0.15, 0.2) is 24.3 Å². The minimum atomic E-state index is -3.64. The van der Waals surface area contributed by atoms with Crippen molar-refractivity contribution in [1.29, 1.82) is 0 Å². The zero-order chi connectivity index (χ0) is 17.9. The van der Waals surface area contributed by atoms with Gasteiger partial charge in [0.25, 0.3) is 0 Å². The Morgan fingerprint density at radius 1 is 1.25 bits per heavy atom. The summed E-state index contributed by atoms with van der Waals surface area (Å²) in [5.74, 6) is -0.256. The van der Waals surface area contributed by atoms with Gasteiger partial charge in [0, 0.05) is 6.04 Å². The van der Waals surface area contributed by atoms with Crippen molar-refractivity contribution in [2.75, 3.05) is 0 Å². The van der Waals surface area contributed by atoms with E-state index in [1.54, 1.807) is 0 Å². The monoisotopic (exact) mass is 355 g/mol. The lowest BCUT2D eigenvalue weighted by Crippen LogP contribution is -2.48. The van der Waals surface area contributed by atoms with Crippen molar-refractivity contribution in [2.24, 2.45) is 11.8 Å². The summed E-state index contributed by atoms with van der Waals surface area (Å²) >= 11 is 0. The van der Waals surface area contributed by atoms with E-state index < -0.39 is 26.8 Å². The molecule has 1 aromatic rings. The molecule has 2 rings (SSSR count). The van der Waals surface area contributed by atoms with Crippen molar-refractivity contribution in [3.63, 3.8) is 0 Å². The van der Waals surface area contributed by atoms with Crippen LogP contribution in [-0.2, 0) is 20.4 Å². The first-order valence-corrected chi connectivity index (χ1v) is 10.2. The summed E-state index contributed by atoms with van der Waals surface area (Å²) in [4.78, 5) is 12.4. The molecule has 0 radical (unpaired) electrons. The normalized spacial score (nSPS) is 25.9. The number of benzene rings is 1. The molecule has 1 aliphatic rings. The van der Waals surface area contributed by atoms with Crippen LogP contribution in [0.3, 0.4) is 0 Å². The molecule has 4 atom stereocenters. The summed E-state index contributed by atoms with van der Waals surface area (Å²) in [6.07, 6.45) is 3.08. The second-order valence-corrected chi connectivity index (χ2v) is 9.28. The zero-order valence-corrected chi connectivity index (χ0v) is 15.3. The van der Waals surface area contributed by atoms with Gasteiger partial charge in [0.15, 0.2) is 9.84 Å². The molecule has 0 spiro atoms. The van der Waals surface area contributed by atoms with E-state index in [2.05, 4.69) is 19.2 Å². The third-order valence-corrected chi connectivity index (χ3v) is 7.25. The Hall–Kier alpha value is -1.43. The van der Waals surface area contributed by atoms with Gasteiger partial charge in [-0.25, -0.2) is 12.8 Å². The molecule has 1 aromatic carbocycles. The number of sulfone groups is 1. The van der Waals surface area contributed by atoms with Crippen LogP contribution in [0.1, 0.15) is 45.6 Å². The highest BCUT2D eigenvalue weighted by molar-refractivity contribution is 7.92. The van der Waals surface area contributed by atoms with Gasteiger partial charge in [-0.05, 0) is 42.9 Å². The summed E-state index contributed by atoms with van der Waals surface area (Å²) in [6.45, 7) is 5.69. The van der Waals surface area contributed by atoms with Crippen molar-refractivity contribution in [3.8, 4) is 0 Å². The molecule has 1 amide bonds. The lowest BCUT2D eigenvalue weighted by Gasteiger charge is -2.35. The molecule has 0 bridgehead atoms. The van der Waals surface area contributed by atoms with Crippen LogP contribution in [0.4, 0.5) is 4.39 Å². The smallest absolute Gasteiger partial charge is 0.238 e. The highest BCUT2D eigenvalue weighted by atomic mass is 32.2. The molecular weight excluding hydrogens is 329 g/mol. The molecule has 0 aromatic heterocycles. The minimum Gasteiger partial charge on any atom is -0.352 e. The zero-order valence-electron chi connectivity index (χ0n) is 14.5. The van der Waals surface area contributed by atoms with Crippen molar-refractivity contribution in [3.05, 3.63) is 35.6 Å². The number of halogens is 1. The highest BCUT2D eigenvalue weighted by Crippen LogP contribution is 2.29. The molecule has 0 heterocycles. The SMILES string of the molecule is C[C@@H]1[C@H](C)CCC[C@@H]1NC(=O)[C@@H](C)S(=O)(=O)Cc1ccc(F)cc1. The van der Waals surface area contributed by atoms with Gasteiger partial charge in [-0.1, -0.05) is 38.8 Å². The lowest BCUT2D eigenvalue weighted by atomic mass is 9.78. The fraction of sp³-hybridized carbons (Fsp3) is 0.611. The number of hydrogen-bond acceptors (Lipinski definition) is 3. The molecule has 134 valence electrons. The van der Waals surface area contributed by atoms with Crippen molar-refractivity contribution in [2.45, 2.75) is 57.1 Å². The minimum absolute atomic E-state index is 0.0321. The Bertz CT molecular complexity index is 672. The summed E-state index contributed by atoms with van der Waals surface area (Å²) in [5, 5.41) is 1.80. The van der Waals surface area contributed by atoms with E-state index in [4.69, 9.17) is 0 Å². The van der Waals surface area contributed by atoms with E-state index in [0.29, 0.717) is 17.4 Å². The van der Waals surface area contributed by atoms with Gasteiger partial charge in [0.05, 0.1) is 5.75 Å². The standard InChI is InChI=1S/C18H26FNO3S/c1-12-5-4-6-17(13(12)2)20-18(21)14(3)24(22,23)11-15-7-9-16(19)10-8-15/h7-10,12-14,17H,4-6,11H2,1-3H3,(H,20,21)/t12-,13-,14-,17+/m1/s1. The van der Waals surface area contributed by atoms with Crippen LogP contribution in [0.25, 0.3) is 0 Å². The van der Waals surface area contributed by atoms with E-state index in [-0.39, 0.29) is 11.8 Å². The van der Waals surface area contributed by atoms with E-state index >= 15 is 0 Å². The Balaban J connectivity index is 2.01. The molecule has 6 heteroatoms. The van der Waals surface area contributed by atoms with Crippen LogP contribution in [0.2, 0.25) is 0 Å². The summed E-state index contributed by atoms with van der Waals surface area (Å²) < 4.78 is 37.8. The first-order chi connectivity index (χ1) is 11.2. The number of carbonyl (C=O) groups is 1. The number of hydrogen-bond donors (Lipinski definition) is 1.